The topological polar surface area (TPSA) is 113 Å². The molecule has 18 heavy (non-hydrogen) atoms. The number of carbonyl (C=O) groups excluding carboxylic acids is 2. The zero-order chi connectivity index (χ0) is 13.7. The molecule has 0 atom stereocenters. The van der Waals surface area contributed by atoms with Crippen LogP contribution in [0.25, 0.3) is 0 Å². The Hall–Kier alpha value is -1.90. The third-order valence-electron chi connectivity index (χ3n) is 1.81. The second-order valence-electron chi connectivity index (χ2n) is 3.10. The normalized spacial score (nSPS) is 10.4. The van der Waals surface area contributed by atoms with Crippen LogP contribution in [0.5, 0.6) is 0 Å². The Morgan fingerprint density at radius 3 is 2.50 bits per heavy atom. The summed E-state index contributed by atoms with van der Waals surface area (Å²) in [5.41, 5.74) is 0.429. The van der Waals surface area contributed by atoms with Crippen LogP contribution in [0.2, 0.25) is 0 Å². The zero-order valence-electron chi connectivity index (χ0n) is 8.83. The molecule has 1 rings (SSSR count). The number of hydrogen-bond donors (Lipinski definition) is 3. The summed E-state index contributed by atoms with van der Waals surface area (Å²) >= 11 is 3.11. The maximum atomic E-state index is 11.3. The van der Waals surface area contributed by atoms with E-state index in [-0.39, 0.29) is 10.9 Å². The summed E-state index contributed by atoms with van der Waals surface area (Å²) in [6, 6.07) is 4.09. The first kappa shape index (κ1) is 14.2. The number of hydrogen-bond acceptors (Lipinski definition) is 6. The number of amides is 1. The van der Waals surface area contributed by atoms with Gasteiger partial charge in [0.2, 0.25) is 5.91 Å². The van der Waals surface area contributed by atoms with E-state index in [1.807, 2.05) is 0 Å². The van der Waals surface area contributed by atoms with Crippen molar-refractivity contribution < 1.29 is 25.1 Å². The van der Waals surface area contributed by atoms with Gasteiger partial charge in [0.1, 0.15) is 0 Å². The molecule has 1 amide bonds. The summed E-state index contributed by atoms with van der Waals surface area (Å²) in [5, 5.41) is 29.9. The Bertz CT molecular complexity index is 501. The number of rotatable bonds is 4. The number of aliphatic carboxylic acids is 1. The van der Waals surface area contributed by atoms with E-state index in [2.05, 4.69) is 21.2 Å². The van der Waals surface area contributed by atoms with Gasteiger partial charge in [-0.05, 0) is 40.2 Å². The number of halogens is 1. The van der Waals surface area contributed by atoms with Crippen molar-refractivity contribution in [1.82, 2.24) is 0 Å². The third-order valence-corrected chi connectivity index (χ3v) is 2.47. The molecule has 0 aliphatic heterocycles. The van der Waals surface area contributed by atoms with Gasteiger partial charge in [-0.2, -0.15) is 0 Å². The van der Waals surface area contributed by atoms with Crippen LogP contribution in [-0.4, -0.2) is 22.3 Å². The van der Waals surface area contributed by atoms with Crippen molar-refractivity contribution in [2.24, 2.45) is 0 Å². The highest BCUT2D eigenvalue weighted by Gasteiger charge is 2.06. The fourth-order valence-corrected chi connectivity index (χ4v) is 1.51. The van der Waals surface area contributed by atoms with Crippen LogP contribution in [0.1, 0.15) is 0 Å². The van der Waals surface area contributed by atoms with E-state index in [1.165, 1.54) is 18.2 Å². The average Bonchev–Trinajstić information content (AvgIpc) is 2.29. The second kappa shape index (κ2) is 6.15. The number of carboxylic acid groups (broad SMARTS) is 1. The summed E-state index contributed by atoms with van der Waals surface area (Å²) in [6.45, 7) is 0. The van der Waals surface area contributed by atoms with Crippen molar-refractivity contribution in [3.63, 3.8) is 0 Å². The number of nitrogens with zero attached hydrogens (tertiary/aromatic N) is 1. The van der Waals surface area contributed by atoms with E-state index in [4.69, 9.17) is 10.4 Å². The first-order chi connectivity index (χ1) is 8.40. The second-order valence-corrected chi connectivity index (χ2v) is 3.95. The Morgan fingerprint density at radius 1 is 1.33 bits per heavy atom. The van der Waals surface area contributed by atoms with Gasteiger partial charge in [0.05, 0.1) is 17.3 Å². The molecule has 0 aliphatic carbocycles. The molecule has 96 valence electrons. The quantitative estimate of drug-likeness (QED) is 0.543. The van der Waals surface area contributed by atoms with Crippen LogP contribution in [-0.2, 0) is 9.59 Å². The largest absolute Gasteiger partial charge is 0.545 e. The smallest absolute Gasteiger partial charge is 0.248 e. The molecule has 7 nitrogen and oxygen atoms in total. The van der Waals surface area contributed by atoms with Gasteiger partial charge < -0.3 is 15.2 Å². The molecule has 0 radical (unpaired) electrons. The molecule has 0 heterocycles. The predicted molar refractivity (Wildman–Crippen MR) is 63.0 cm³/mol. The number of anilines is 2. The van der Waals surface area contributed by atoms with Gasteiger partial charge in [0, 0.05) is 10.5 Å². The molecular weight excluding hydrogens is 308 g/mol. The summed E-state index contributed by atoms with van der Waals surface area (Å²) in [4.78, 5) is 21.4. The molecule has 0 fully saturated rings. The minimum absolute atomic E-state index is 0.0770. The molecule has 0 saturated heterocycles. The molecule has 3 N–H and O–H groups in total. The number of carbonyl (C=O) groups is 2. The van der Waals surface area contributed by atoms with Gasteiger partial charge in [-0.15, -0.1) is 5.23 Å². The van der Waals surface area contributed by atoms with Crippen LogP contribution in [0.3, 0.4) is 0 Å². The third kappa shape index (κ3) is 4.17. The van der Waals surface area contributed by atoms with E-state index in [1.54, 1.807) is 0 Å². The molecule has 0 bridgehead atoms. The Kier molecular flexibility index (Phi) is 4.84. The van der Waals surface area contributed by atoms with Gasteiger partial charge >= 0.3 is 0 Å². The molecule has 0 unspecified atom stereocenters. The van der Waals surface area contributed by atoms with Gasteiger partial charge in [0.15, 0.2) is 0 Å². The Balaban J connectivity index is 2.80. The van der Waals surface area contributed by atoms with Crippen LogP contribution in [0.4, 0.5) is 11.4 Å². The minimum Gasteiger partial charge on any atom is -0.545 e. The van der Waals surface area contributed by atoms with Crippen LogP contribution < -0.4 is 15.6 Å². The SMILES string of the molecule is O=C([O-])C=CC(=O)Nc1ccc(N(O)O)cc1Br. The van der Waals surface area contributed by atoms with Crippen LogP contribution in [0, 0.1) is 0 Å². The van der Waals surface area contributed by atoms with Crippen LogP contribution >= 0.6 is 15.9 Å². The first-order valence-corrected chi connectivity index (χ1v) is 5.37. The van der Waals surface area contributed by atoms with E-state index in [0.717, 1.165) is 6.08 Å². The molecule has 0 saturated carbocycles. The maximum absolute atomic E-state index is 11.3. The summed E-state index contributed by atoms with van der Waals surface area (Å²) in [7, 11) is 0. The molecule has 8 heteroatoms. The van der Waals surface area contributed by atoms with Crippen molar-refractivity contribution in [2.75, 3.05) is 10.5 Å². The molecule has 0 aliphatic rings. The molecule has 1 aromatic carbocycles. The highest BCUT2D eigenvalue weighted by atomic mass is 79.9. The first-order valence-electron chi connectivity index (χ1n) is 4.57. The lowest BCUT2D eigenvalue weighted by atomic mass is 10.3. The highest BCUT2D eigenvalue weighted by Crippen LogP contribution is 2.26. The summed E-state index contributed by atoms with van der Waals surface area (Å²) in [6.07, 6.45) is 1.40. The summed E-state index contributed by atoms with van der Waals surface area (Å²) < 4.78 is 0.392. The molecule has 0 aromatic heterocycles. The predicted octanol–water partition coefficient (Wildman–Crippen LogP) is 0.278. The standard InChI is InChI=1S/C10H9BrN2O5/c11-7-5-6(13(17)18)1-2-8(7)12-9(14)3-4-10(15)16/h1-5,17-18H,(H,12,14)(H,15,16)/p-1. The Morgan fingerprint density at radius 2 is 2.00 bits per heavy atom. The lowest BCUT2D eigenvalue weighted by Crippen LogP contribution is -2.20. The lowest BCUT2D eigenvalue weighted by molar-refractivity contribution is -0.297. The van der Waals surface area contributed by atoms with E-state index in [9.17, 15) is 14.7 Å². The Labute approximate surface area is 110 Å². The highest BCUT2D eigenvalue weighted by molar-refractivity contribution is 9.10. The van der Waals surface area contributed by atoms with Crippen molar-refractivity contribution in [1.29, 1.82) is 0 Å². The summed E-state index contributed by atoms with van der Waals surface area (Å²) in [5.74, 6) is -2.13. The molecule has 1 aromatic rings. The van der Waals surface area contributed by atoms with E-state index >= 15 is 0 Å². The van der Waals surface area contributed by atoms with Crippen molar-refractivity contribution in [3.8, 4) is 0 Å². The number of benzene rings is 1. The van der Waals surface area contributed by atoms with Crippen molar-refractivity contribution >= 4 is 39.2 Å². The zero-order valence-corrected chi connectivity index (χ0v) is 10.4. The van der Waals surface area contributed by atoms with Gasteiger partial charge in [-0.3, -0.25) is 15.2 Å². The maximum Gasteiger partial charge on any atom is 0.248 e. The molecular formula is C10H8BrN2O5-. The van der Waals surface area contributed by atoms with Gasteiger partial charge in [0.25, 0.3) is 0 Å². The van der Waals surface area contributed by atoms with Gasteiger partial charge in [-0.25, -0.2) is 0 Å². The van der Waals surface area contributed by atoms with Crippen molar-refractivity contribution in [2.45, 2.75) is 0 Å². The van der Waals surface area contributed by atoms with Gasteiger partial charge in [-0.1, -0.05) is 0 Å². The van der Waals surface area contributed by atoms with E-state index < -0.39 is 11.9 Å². The molecule has 0 spiro atoms. The average molecular weight is 316 g/mol. The lowest BCUT2D eigenvalue weighted by Gasteiger charge is -2.11. The fraction of sp³-hybridized carbons (Fsp3) is 0. The van der Waals surface area contributed by atoms with E-state index in [0.29, 0.717) is 16.2 Å². The fourth-order valence-electron chi connectivity index (χ4n) is 1.05. The van der Waals surface area contributed by atoms with Crippen LogP contribution in [0.15, 0.2) is 34.8 Å². The number of carboxylic acids is 1. The number of nitrogens with one attached hydrogen (secondary N) is 1. The monoisotopic (exact) mass is 315 g/mol. The minimum atomic E-state index is -1.48. The van der Waals surface area contributed by atoms with Crippen molar-refractivity contribution in [3.05, 3.63) is 34.8 Å².